The summed E-state index contributed by atoms with van der Waals surface area (Å²) >= 11 is 0. The van der Waals surface area contributed by atoms with Crippen molar-refractivity contribution in [3.8, 4) is 28.4 Å². The van der Waals surface area contributed by atoms with Gasteiger partial charge in [-0.15, -0.1) is 0 Å². The normalized spacial score (nSPS) is 13.4. The molecule has 0 aromatic heterocycles. The molecule has 0 saturated carbocycles. The fraction of sp³-hybridized carbons (Fsp3) is 0.600. The van der Waals surface area contributed by atoms with Crippen molar-refractivity contribution in [1.82, 2.24) is 0 Å². The number of phenols is 2. The molecule has 0 atom stereocenters. The van der Waals surface area contributed by atoms with Gasteiger partial charge in [-0.05, 0) is 68.1 Å². The molecule has 0 fully saturated rings. The van der Waals surface area contributed by atoms with Gasteiger partial charge in [0.05, 0.1) is 0 Å². The fourth-order valence-corrected chi connectivity index (χ4v) is 4.48. The number of aromatic hydroxyl groups is 2. The minimum atomic E-state index is -0.394. The molecule has 2 rings (SSSR count). The van der Waals surface area contributed by atoms with E-state index < -0.39 is 5.60 Å². The third-order valence-corrected chi connectivity index (χ3v) is 6.16. The smallest absolute Gasteiger partial charge is 0.127 e. The molecule has 0 heterocycles. The van der Waals surface area contributed by atoms with Crippen molar-refractivity contribution < 1.29 is 14.9 Å². The highest BCUT2D eigenvalue weighted by molar-refractivity contribution is 5.86. The van der Waals surface area contributed by atoms with E-state index in [-0.39, 0.29) is 27.7 Å². The Hall–Kier alpha value is -2.16. The number of phenolic OH excluding ortho intramolecular Hbond substituents is 2. The van der Waals surface area contributed by atoms with E-state index in [0.29, 0.717) is 11.1 Å². The zero-order chi connectivity index (χ0) is 25.9. The van der Waals surface area contributed by atoms with Crippen LogP contribution in [-0.4, -0.2) is 15.8 Å². The molecule has 0 aliphatic carbocycles. The summed E-state index contributed by atoms with van der Waals surface area (Å²) < 4.78 is 6.37. The van der Waals surface area contributed by atoms with Gasteiger partial charge in [-0.1, -0.05) is 68.4 Å². The van der Waals surface area contributed by atoms with Crippen LogP contribution in [-0.2, 0) is 16.2 Å². The van der Waals surface area contributed by atoms with Crippen LogP contribution in [0.3, 0.4) is 0 Å². The quantitative estimate of drug-likeness (QED) is 0.478. The molecule has 2 aromatic carbocycles. The molecule has 3 nitrogen and oxygen atoms in total. The summed E-state index contributed by atoms with van der Waals surface area (Å²) in [5, 5.41) is 23.3. The van der Waals surface area contributed by atoms with E-state index in [0.717, 1.165) is 28.0 Å². The zero-order valence-electron chi connectivity index (χ0n) is 23.5. The van der Waals surface area contributed by atoms with Gasteiger partial charge < -0.3 is 14.9 Å². The van der Waals surface area contributed by atoms with Crippen molar-refractivity contribution in [1.29, 1.82) is 0 Å². The first-order valence-electron chi connectivity index (χ1n) is 12.0. The highest BCUT2D eigenvalue weighted by Gasteiger charge is 2.33. The monoisotopic (exact) mass is 454 g/mol. The summed E-state index contributed by atoms with van der Waals surface area (Å²) in [6.07, 6.45) is 0. The molecular formula is C30H46O3. The summed E-state index contributed by atoms with van der Waals surface area (Å²) in [5.41, 5.74) is 4.95. The second-order valence-corrected chi connectivity index (χ2v) is 13.6. The predicted octanol–water partition coefficient (Wildman–Crippen LogP) is 8.45. The Bertz CT molecular complexity index is 1010. The lowest BCUT2D eigenvalue weighted by molar-refractivity contribution is 0.129. The first kappa shape index (κ1) is 27.1. The Morgan fingerprint density at radius 1 is 0.545 bits per heavy atom. The highest BCUT2D eigenvalue weighted by Crippen LogP contribution is 2.52. The van der Waals surface area contributed by atoms with Gasteiger partial charge in [0.15, 0.2) is 0 Å². The minimum Gasteiger partial charge on any atom is -0.507 e. The molecule has 3 heteroatoms. The highest BCUT2D eigenvalue weighted by atomic mass is 16.5. The van der Waals surface area contributed by atoms with Crippen LogP contribution in [0, 0.1) is 13.8 Å². The largest absolute Gasteiger partial charge is 0.507 e. The maximum atomic E-state index is 11.7. The molecule has 2 N–H and O–H groups in total. The van der Waals surface area contributed by atoms with Crippen molar-refractivity contribution in [3.05, 3.63) is 39.9 Å². The van der Waals surface area contributed by atoms with Crippen molar-refractivity contribution in [2.75, 3.05) is 0 Å². The Kier molecular flexibility index (Phi) is 6.77. The van der Waals surface area contributed by atoms with E-state index in [2.05, 4.69) is 75.3 Å². The lowest BCUT2D eigenvalue weighted by Crippen LogP contribution is -2.24. The van der Waals surface area contributed by atoms with Gasteiger partial charge in [0.2, 0.25) is 0 Å². The third-order valence-electron chi connectivity index (χ3n) is 6.16. The Morgan fingerprint density at radius 2 is 0.909 bits per heavy atom. The molecule has 0 aliphatic heterocycles. The number of hydrogen-bond donors (Lipinski definition) is 2. The fourth-order valence-electron chi connectivity index (χ4n) is 4.48. The van der Waals surface area contributed by atoms with Crippen LogP contribution in [0.2, 0.25) is 0 Å². The number of hydrogen-bond acceptors (Lipinski definition) is 3. The van der Waals surface area contributed by atoms with Crippen molar-refractivity contribution in [2.24, 2.45) is 0 Å². The second-order valence-electron chi connectivity index (χ2n) is 13.6. The molecule has 0 unspecified atom stereocenters. The van der Waals surface area contributed by atoms with Crippen LogP contribution >= 0.6 is 0 Å². The summed E-state index contributed by atoms with van der Waals surface area (Å²) in [4.78, 5) is 0. The Balaban J connectivity index is 3.16. The summed E-state index contributed by atoms with van der Waals surface area (Å²) in [5.74, 6) is 1.18. The van der Waals surface area contributed by atoms with Gasteiger partial charge in [-0.25, -0.2) is 0 Å². The summed E-state index contributed by atoms with van der Waals surface area (Å²) in [6, 6.07) is 4.10. The van der Waals surface area contributed by atoms with Gasteiger partial charge in [0.1, 0.15) is 22.8 Å². The Morgan fingerprint density at radius 3 is 1.27 bits per heavy atom. The maximum Gasteiger partial charge on any atom is 0.127 e. The molecule has 0 radical (unpaired) electrons. The average molecular weight is 455 g/mol. The number of ether oxygens (including phenoxy) is 1. The summed E-state index contributed by atoms with van der Waals surface area (Å²) in [7, 11) is 0. The lowest BCUT2D eigenvalue weighted by Gasteiger charge is -2.32. The molecule has 0 spiro atoms. The molecule has 33 heavy (non-hydrogen) atoms. The molecule has 184 valence electrons. The second kappa shape index (κ2) is 8.25. The van der Waals surface area contributed by atoms with Crippen LogP contribution in [0.5, 0.6) is 17.2 Å². The van der Waals surface area contributed by atoms with Crippen molar-refractivity contribution >= 4 is 0 Å². The van der Waals surface area contributed by atoms with Gasteiger partial charge in [0, 0.05) is 27.8 Å². The molecule has 0 saturated heterocycles. The topological polar surface area (TPSA) is 49.7 Å². The van der Waals surface area contributed by atoms with E-state index in [1.807, 2.05) is 33.8 Å². The standard InChI is InChI=1S/C30H46O3/c1-17-19(27(3,4)5)15-20(28(6,7)8)25(31)23(17)24-18(2)22(33-30(12,13)14)16-21(26(24)32)29(9,10)11/h15-16,31-32H,1-14H3. The summed E-state index contributed by atoms with van der Waals surface area (Å²) in [6.45, 7) is 29.3. The van der Waals surface area contributed by atoms with Gasteiger partial charge >= 0.3 is 0 Å². The minimum absolute atomic E-state index is 0.123. The lowest BCUT2D eigenvalue weighted by atomic mass is 9.74. The van der Waals surface area contributed by atoms with Gasteiger partial charge in [-0.3, -0.25) is 0 Å². The Labute approximate surface area is 202 Å². The zero-order valence-corrected chi connectivity index (χ0v) is 23.5. The molecule has 2 aromatic rings. The predicted molar refractivity (Wildman–Crippen MR) is 141 cm³/mol. The third kappa shape index (κ3) is 5.50. The van der Waals surface area contributed by atoms with E-state index in [4.69, 9.17) is 4.74 Å². The maximum absolute atomic E-state index is 11.7. The molecular weight excluding hydrogens is 408 g/mol. The first-order chi connectivity index (χ1) is 14.6. The van der Waals surface area contributed by atoms with Crippen molar-refractivity contribution in [3.63, 3.8) is 0 Å². The molecule has 0 amide bonds. The molecule has 0 aliphatic rings. The van der Waals surface area contributed by atoms with Crippen LogP contribution in [0.4, 0.5) is 0 Å². The van der Waals surface area contributed by atoms with Crippen molar-refractivity contribution in [2.45, 2.75) is 119 Å². The average Bonchev–Trinajstić information content (AvgIpc) is 2.55. The van der Waals surface area contributed by atoms with Crippen LogP contribution < -0.4 is 4.74 Å². The number of benzene rings is 2. The van der Waals surface area contributed by atoms with Crippen LogP contribution in [0.1, 0.15) is 111 Å². The van der Waals surface area contributed by atoms with E-state index in [1.54, 1.807) is 0 Å². The van der Waals surface area contributed by atoms with E-state index >= 15 is 0 Å². The van der Waals surface area contributed by atoms with Crippen LogP contribution in [0.25, 0.3) is 11.1 Å². The number of rotatable bonds is 2. The van der Waals surface area contributed by atoms with Gasteiger partial charge in [-0.2, -0.15) is 0 Å². The van der Waals surface area contributed by atoms with Gasteiger partial charge in [0.25, 0.3) is 0 Å². The van der Waals surface area contributed by atoms with Crippen LogP contribution in [0.15, 0.2) is 12.1 Å². The van der Waals surface area contributed by atoms with E-state index in [1.165, 1.54) is 5.56 Å². The van der Waals surface area contributed by atoms with E-state index in [9.17, 15) is 10.2 Å². The SMILES string of the molecule is Cc1c(OC(C)(C)C)cc(C(C)(C)C)c(O)c1-c1c(C)c(C(C)(C)C)cc(C(C)(C)C)c1O. The first-order valence-corrected chi connectivity index (χ1v) is 12.0. The molecule has 0 bridgehead atoms.